The van der Waals surface area contributed by atoms with E-state index in [1.165, 1.54) is 29.5 Å². The average Bonchev–Trinajstić information content (AvgIpc) is 3.63. The first kappa shape index (κ1) is 33.5. The summed E-state index contributed by atoms with van der Waals surface area (Å²) in [6, 6.07) is 14.0. The van der Waals surface area contributed by atoms with Gasteiger partial charge >= 0.3 is 0 Å². The van der Waals surface area contributed by atoms with Gasteiger partial charge in [-0.05, 0) is 99.2 Å². The number of carbonyl (C=O) groups is 1. The molecule has 246 valence electrons. The number of aromatic amines is 1. The molecule has 3 aliphatic rings. The molecule has 1 fully saturated rings. The SMILES string of the molecule is CC1=CCCC2(C)C(CCC2(O)CSc2n[nH]c(-c3ccncc3)n2)c2ccc(cc2C(=O)Cc2c(F)cccc2Cl)CC(O)CC1. The zero-order valence-corrected chi connectivity index (χ0v) is 28.3. The smallest absolute Gasteiger partial charge is 0.208 e. The highest BCUT2D eigenvalue weighted by Gasteiger charge is 2.56. The summed E-state index contributed by atoms with van der Waals surface area (Å²) in [4.78, 5) is 22.8. The van der Waals surface area contributed by atoms with Gasteiger partial charge in [-0.15, -0.1) is 5.10 Å². The third-order valence-electron chi connectivity index (χ3n) is 10.2. The first-order chi connectivity index (χ1) is 22.6. The van der Waals surface area contributed by atoms with Crippen molar-refractivity contribution in [1.82, 2.24) is 20.2 Å². The van der Waals surface area contributed by atoms with Crippen LogP contribution in [0.15, 0.2) is 77.7 Å². The fraction of sp³-hybridized carbons (Fsp3) is 0.405. The number of ketones is 1. The summed E-state index contributed by atoms with van der Waals surface area (Å²) in [6.45, 7) is 4.23. The molecule has 0 spiro atoms. The van der Waals surface area contributed by atoms with Crippen LogP contribution in [0.4, 0.5) is 4.39 Å². The Bertz CT molecular complexity index is 1760. The number of nitrogens with one attached hydrogen (secondary N) is 1. The molecular weight excluding hydrogens is 635 g/mol. The molecule has 0 amide bonds. The number of pyridine rings is 1. The molecule has 2 aromatic carbocycles. The van der Waals surface area contributed by atoms with Crippen LogP contribution < -0.4 is 0 Å². The van der Waals surface area contributed by atoms with Crippen LogP contribution in [0.2, 0.25) is 5.02 Å². The number of hydrogen-bond acceptors (Lipinski definition) is 7. The third-order valence-corrected chi connectivity index (χ3v) is 11.6. The van der Waals surface area contributed by atoms with E-state index in [0.717, 1.165) is 29.5 Å². The van der Waals surface area contributed by atoms with Gasteiger partial charge in [-0.1, -0.05) is 60.1 Å². The quantitative estimate of drug-likeness (QED) is 0.104. The van der Waals surface area contributed by atoms with Crippen LogP contribution in [0.5, 0.6) is 0 Å². The molecule has 4 unspecified atom stereocenters. The van der Waals surface area contributed by atoms with Crippen LogP contribution in [0.25, 0.3) is 11.4 Å². The number of thioether (sulfide) groups is 1. The van der Waals surface area contributed by atoms with Gasteiger partial charge < -0.3 is 10.2 Å². The Kier molecular flexibility index (Phi) is 9.99. The van der Waals surface area contributed by atoms with Gasteiger partial charge in [0.15, 0.2) is 11.6 Å². The summed E-state index contributed by atoms with van der Waals surface area (Å²) < 4.78 is 14.8. The lowest BCUT2D eigenvalue weighted by molar-refractivity contribution is -0.0422. The van der Waals surface area contributed by atoms with Crippen molar-refractivity contribution < 1.29 is 19.4 Å². The van der Waals surface area contributed by atoms with Crippen LogP contribution in [0, 0.1) is 11.2 Å². The molecule has 3 aliphatic carbocycles. The number of fused-ring (bicyclic) bond motifs is 8. The molecule has 2 heterocycles. The van der Waals surface area contributed by atoms with E-state index in [9.17, 15) is 19.4 Å². The number of Topliss-reactive ketones (excluding diaryl/α,β-unsaturated/α-hetero) is 1. The molecule has 0 aliphatic heterocycles. The van der Waals surface area contributed by atoms with Crippen LogP contribution in [0.3, 0.4) is 0 Å². The summed E-state index contributed by atoms with van der Waals surface area (Å²) in [5.41, 5.74) is 2.78. The Morgan fingerprint density at radius 3 is 2.74 bits per heavy atom. The van der Waals surface area contributed by atoms with Crippen LogP contribution in [-0.2, 0) is 12.8 Å². The number of aliphatic hydroxyl groups excluding tert-OH is 1. The summed E-state index contributed by atoms with van der Waals surface area (Å²) in [7, 11) is 0. The Hall–Kier alpha value is -3.37. The Balaban J connectivity index is 1.35. The first-order valence-corrected chi connectivity index (χ1v) is 17.5. The van der Waals surface area contributed by atoms with Gasteiger partial charge in [0.25, 0.3) is 0 Å². The maximum atomic E-state index is 14.8. The average molecular weight is 675 g/mol. The van der Waals surface area contributed by atoms with Gasteiger partial charge in [-0.2, -0.15) is 0 Å². The van der Waals surface area contributed by atoms with Crippen molar-refractivity contribution in [2.24, 2.45) is 5.41 Å². The lowest BCUT2D eigenvalue weighted by Gasteiger charge is -2.44. The minimum Gasteiger partial charge on any atom is -0.393 e. The van der Waals surface area contributed by atoms with Crippen LogP contribution >= 0.6 is 23.4 Å². The lowest BCUT2D eigenvalue weighted by atomic mass is 9.65. The molecule has 2 aromatic heterocycles. The number of rotatable bonds is 7. The summed E-state index contributed by atoms with van der Waals surface area (Å²) >= 11 is 7.77. The second kappa shape index (κ2) is 14.0. The Labute approximate surface area is 284 Å². The van der Waals surface area contributed by atoms with Crippen LogP contribution in [0.1, 0.15) is 85.3 Å². The van der Waals surface area contributed by atoms with E-state index in [1.807, 2.05) is 30.3 Å². The number of benzene rings is 2. The second-order valence-electron chi connectivity index (χ2n) is 13.2. The van der Waals surface area contributed by atoms with E-state index in [4.69, 9.17) is 11.6 Å². The Morgan fingerprint density at radius 1 is 1.15 bits per heavy atom. The van der Waals surface area contributed by atoms with Crippen molar-refractivity contribution in [3.63, 3.8) is 0 Å². The monoisotopic (exact) mass is 674 g/mol. The molecule has 1 saturated carbocycles. The third kappa shape index (κ3) is 7.09. The van der Waals surface area contributed by atoms with E-state index in [2.05, 4.69) is 40.1 Å². The van der Waals surface area contributed by atoms with Gasteiger partial charge in [0.1, 0.15) is 5.82 Å². The van der Waals surface area contributed by atoms with Crippen molar-refractivity contribution in [1.29, 1.82) is 0 Å². The van der Waals surface area contributed by atoms with Crippen molar-refractivity contribution in [2.75, 3.05) is 5.75 Å². The number of nitrogens with zero attached hydrogens (tertiary/aromatic N) is 3. The van der Waals surface area contributed by atoms with E-state index >= 15 is 0 Å². The highest BCUT2D eigenvalue weighted by molar-refractivity contribution is 7.99. The summed E-state index contributed by atoms with van der Waals surface area (Å²) in [6.07, 6.45) is 9.34. The normalized spacial score (nSPS) is 24.9. The standard InChI is InChI=1S/C37H40ClFN4O3S/c1-23-5-4-15-36(2)30(12-16-37(36,46)22-47-35-41-34(42-43-35)25-13-17-40-18-14-25)27-11-9-24(19-26(44)10-8-23)20-28(27)33(45)21-29-31(38)6-3-7-32(29)39/h3,5-7,9,11,13-14,17-18,20,26,30,44,46H,4,8,10,12,15-16,19,21-22H2,1-2H3,(H,41,42,43). The van der Waals surface area contributed by atoms with Gasteiger partial charge in [0.2, 0.25) is 5.16 Å². The predicted octanol–water partition coefficient (Wildman–Crippen LogP) is 7.92. The lowest BCUT2D eigenvalue weighted by Crippen LogP contribution is -2.46. The predicted molar refractivity (Wildman–Crippen MR) is 183 cm³/mol. The zero-order valence-electron chi connectivity index (χ0n) is 26.7. The van der Waals surface area contributed by atoms with E-state index in [1.54, 1.807) is 18.5 Å². The van der Waals surface area contributed by atoms with E-state index in [-0.39, 0.29) is 28.7 Å². The molecule has 4 aromatic rings. The van der Waals surface area contributed by atoms with Crippen molar-refractivity contribution >= 4 is 29.1 Å². The fourth-order valence-corrected chi connectivity index (χ4v) is 8.65. The maximum absolute atomic E-state index is 14.8. The van der Waals surface area contributed by atoms with Crippen molar-refractivity contribution in [3.8, 4) is 11.4 Å². The molecular formula is C37H40ClFN4O3S. The molecule has 0 saturated heterocycles. The number of carbonyl (C=O) groups excluding carboxylic acids is 1. The molecule has 7 rings (SSSR count). The summed E-state index contributed by atoms with van der Waals surface area (Å²) in [5, 5.41) is 31.5. The van der Waals surface area contributed by atoms with E-state index < -0.39 is 22.9 Å². The topological polar surface area (TPSA) is 112 Å². The highest BCUT2D eigenvalue weighted by Crippen LogP contribution is 2.59. The number of allylic oxidation sites excluding steroid dienone is 2. The van der Waals surface area contributed by atoms with Gasteiger partial charge in [-0.25, -0.2) is 9.37 Å². The zero-order chi connectivity index (χ0) is 33.2. The number of halogens is 2. The molecule has 0 radical (unpaired) electrons. The largest absolute Gasteiger partial charge is 0.393 e. The molecule has 10 heteroatoms. The fourth-order valence-electron chi connectivity index (χ4n) is 7.31. The number of aromatic nitrogens is 4. The van der Waals surface area contributed by atoms with Crippen molar-refractivity contribution in [2.45, 2.75) is 88.0 Å². The molecule has 3 N–H and O–H groups in total. The Morgan fingerprint density at radius 2 is 1.96 bits per heavy atom. The molecule has 2 bridgehead atoms. The summed E-state index contributed by atoms with van der Waals surface area (Å²) in [5.74, 6) is 0.133. The van der Waals surface area contributed by atoms with E-state index in [0.29, 0.717) is 54.4 Å². The van der Waals surface area contributed by atoms with Gasteiger partial charge in [0, 0.05) is 51.7 Å². The minimum absolute atomic E-state index is 0.140. The van der Waals surface area contributed by atoms with Crippen molar-refractivity contribution in [3.05, 3.63) is 106 Å². The van der Waals surface area contributed by atoms with Gasteiger partial charge in [-0.3, -0.25) is 14.9 Å². The highest BCUT2D eigenvalue weighted by atomic mass is 35.5. The molecule has 4 atom stereocenters. The maximum Gasteiger partial charge on any atom is 0.208 e. The van der Waals surface area contributed by atoms with Gasteiger partial charge in [0.05, 0.1) is 11.7 Å². The van der Waals surface area contributed by atoms with Crippen LogP contribution in [-0.4, -0.2) is 53.6 Å². The second-order valence-corrected chi connectivity index (χ2v) is 14.6. The molecule has 47 heavy (non-hydrogen) atoms. The molecule has 7 nitrogen and oxygen atoms in total. The number of aliphatic hydroxyl groups is 2. The number of H-pyrrole nitrogens is 1. The number of hydrogen-bond donors (Lipinski definition) is 3. The minimum atomic E-state index is -1.08. The first-order valence-electron chi connectivity index (χ1n) is 16.2.